The average molecular weight is 506 g/mol. The molecule has 0 aliphatic carbocycles. The first-order chi connectivity index (χ1) is 17.0. The zero-order valence-electron chi connectivity index (χ0n) is 21.0. The quantitative estimate of drug-likeness (QED) is 0.220. The Labute approximate surface area is 210 Å². The third kappa shape index (κ3) is 12.5. The standard InChI is InChI=1S/C25H35N3O8/c1-5-35-22(31)12-11-19(14-21(29)30)27-23(32)17(4)26-24(33)20(13-16(2)3)28-25(34)36-15-18-9-7-6-8-10-18/h6-12,16-17,19-20H,5,13-15H2,1-4H3,(H,26,33)(H,27,32)(H,28,34)(H,29,30)/b12-11+/t17-,19+,20-/m0/s1. The van der Waals surface area contributed by atoms with Crippen molar-refractivity contribution in [3.63, 3.8) is 0 Å². The molecule has 3 atom stereocenters. The Hall–Kier alpha value is -3.89. The van der Waals surface area contributed by atoms with E-state index in [4.69, 9.17) is 14.6 Å². The van der Waals surface area contributed by atoms with Gasteiger partial charge in [-0.1, -0.05) is 50.3 Å². The summed E-state index contributed by atoms with van der Waals surface area (Å²) in [5.74, 6) is -3.09. The molecular formula is C25H35N3O8. The predicted molar refractivity (Wildman–Crippen MR) is 131 cm³/mol. The highest BCUT2D eigenvalue weighted by molar-refractivity contribution is 5.91. The lowest BCUT2D eigenvalue weighted by Gasteiger charge is -2.23. The van der Waals surface area contributed by atoms with Crippen LogP contribution in [0.1, 0.15) is 46.1 Å². The van der Waals surface area contributed by atoms with Gasteiger partial charge in [-0.3, -0.25) is 14.4 Å². The molecule has 0 spiro atoms. The van der Waals surface area contributed by atoms with Crippen LogP contribution in [0.5, 0.6) is 0 Å². The molecule has 1 aromatic carbocycles. The fraction of sp³-hybridized carbons (Fsp3) is 0.480. The first-order valence-electron chi connectivity index (χ1n) is 11.7. The molecule has 0 aromatic heterocycles. The average Bonchev–Trinajstić information content (AvgIpc) is 2.81. The number of carbonyl (C=O) groups excluding carboxylic acids is 4. The Morgan fingerprint density at radius 3 is 2.19 bits per heavy atom. The summed E-state index contributed by atoms with van der Waals surface area (Å²) in [4.78, 5) is 60.3. The summed E-state index contributed by atoms with van der Waals surface area (Å²) in [5, 5.41) is 16.6. The van der Waals surface area contributed by atoms with Gasteiger partial charge in [0.25, 0.3) is 0 Å². The van der Waals surface area contributed by atoms with Crippen LogP contribution in [0.25, 0.3) is 0 Å². The highest BCUT2D eigenvalue weighted by Gasteiger charge is 2.26. The maximum absolute atomic E-state index is 12.8. The van der Waals surface area contributed by atoms with Gasteiger partial charge in [0.2, 0.25) is 11.8 Å². The van der Waals surface area contributed by atoms with Crippen LogP contribution < -0.4 is 16.0 Å². The summed E-state index contributed by atoms with van der Waals surface area (Å²) in [7, 11) is 0. The van der Waals surface area contributed by atoms with Gasteiger partial charge in [-0.15, -0.1) is 0 Å². The van der Waals surface area contributed by atoms with E-state index in [1.807, 2.05) is 32.0 Å². The highest BCUT2D eigenvalue weighted by Crippen LogP contribution is 2.07. The molecule has 11 heteroatoms. The molecule has 36 heavy (non-hydrogen) atoms. The van der Waals surface area contributed by atoms with Crippen LogP contribution in [0, 0.1) is 5.92 Å². The van der Waals surface area contributed by atoms with Crippen molar-refractivity contribution in [1.29, 1.82) is 0 Å². The third-order valence-electron chi connectivity index (χ3n) is 4.75. The SMILES string of the molecule is CCOC(=O)/C=C/[C@H](CC(=O)O)NC(=O)[C@H](C)NC(=O)[C@H](CC(C)C)NC(=O)OCc1ccccc1. The topological polar surface area (TPSA) is 160 Å². The van der Waals surface area contributed by atoms with Gasteiger partial charge in [0.05, 0.1) is 19.1 Å². The van der Waals surface area contributed by atoms with Crippen molar-refractivity contribution in [3.8, 4) is 0 Å². The van der Waals surface area contributed by atoms with Crippen LogP contribution >= 0.6 is 0 Å². The van der Waals surface area contributed by atoms with Gasteiger partial charge in [-0.2, -0.15) is 0 Å². The Bertz CT molecular complexity index is 917. The van der Waals surface area contributed by atoms with Gasteiger partial charge in [-0.25, -0.2) is 9.59 Å². The van der Waals surface area contributed by atoms with Crippen molar-refractivity contribution in [3.05, 3.63) is 48.0 Å². The third-order valence-corrected chi connectivity index (χ3v) is 4.75. The molecule has 0 saturated carbocycles. The van der Waals surface area contributed by atoms with Crippen LogP contribution in [-0.4, -0.2) is 59.7 Å². The number of carboxylic acids is 1. The van der Waals surface area contributed by atoms with E-state index in [-0.39, 0.29) is 19.1 Å². The number of nitrogens with one attached hydrogen (secondary N) is 3. The van der Waals surface area contributed by atoms with Crippen LogP contribution in [-0.2, 0) is 35.3 Å². The summed E-state index contributed by atoms with van der Waals surface area (Å²) >= 11 is 0. The number of aliphatic carboxylic acids is 1. The van der Waals surface area contributed by atoms with E-state index < -0.39 is 54.4 Å². The Balaban J connectivity index is 2.74. The zero-order chi connectivity index (χ0) is 27.1. The summed E-state index contributed by atoms with van der Waals surface area (Å²) in [5.41, 5.74) is 0.788. The van der Waals surface area contributed by atoms with E-state index >= 15 is 0 Å². The van der Waals surface area contributed by atoms with Gasteiger partial charge < -0.3 is 30.5 Å². The van der Waals surface area contributed by atoms with E-state index in [0.29, 0.717) is 6.42 Å². The number of carboxylic acid groups (broad SMARTS) is 1. The van der Waals surface area contributed by atoms with Crippen molar-refractivity contribution in [2.45, 2.75) is 65.3 Å². The number of esters is 1. The number of rotatable bonds is 14. The maximum Gasteiger partial charge on any atom is 0.408 e. The molecule has 4 N–H and O–H groups in total. The second kappa shape index (κ2) is 15.9. The summed E-state index contributed by atoms with van der Waals surface area (Å²) in [6.07, 6.45) is 1.29. The van der Waals surface area contributed by atoms with Crippen molar-refractivity contribution in [1.82, 2.24) is 16.0 Å². The minimum Gasteiger partial charge on any atom is -0.481 e. The van der Waals surface area contributed by atoms with Gasteiger partial charge in [0.15, 0.2) is 0 Å². The first kappa shape index (κ1) is 30.1. The van der Waals surface area contributed by atoms with Gasteiger partial charge in [-0.05, 0) is 31.7 Å². The van der Waals surface area contributed by atoms with Crippen LogP contribution in [0.3, 0.4) is 0 Å². The number of hydrogen-bond donors (Lipinski definition) is 4. The molecule has 0 heterocycles. The molecule has 0 saturated heterocycles. The second-order valence-electron chi connectivity index (χ2n) is 8.44. The molecule has 11 nitrogen and oxygen atoms in total. The molecule has 1 rings (SSSR count). The van der Waals surface area contributed by atoms with Crippen molar-refractivity contribution in [2.24, 2.45) is 5.92 Å². The van der Waals surface area contributed by atoms with E-state index in [1.54, 1.807) is 19.1 Å². The summed E-state index contributed by atoms with van der Waals surface area (Å²) < 4.78 is 9.93. The monoisotopic (exact) mass is 505 g/mol. The lowest BCUT2D eigenvalue weighted by molar-refractivity contribution is -0.139. The molecule has 0 bridgehead atoms. The van der Waals surface area contributed by atoms with E-state index in [0.717, 1.165) is 11.6 Å². The Morgan fingerprint density at radius 2 is 1.61 bits per heavy atom. The molecule has 0 fully saturated rings. The molecule has 1 aromatic rings. The fourth-order valence-electron chi connectivity index (χ4n) is 3.04. The zero-order valence-corrected chi connectivity index (χ0v) is 21.0. The van der Waals surface area contributed by atoms with Gasteiger partial charge >= 0.3 is 18.0 Å². The maximum atomic E-state index is 12.8. The Morgan fingerprint density at radius 1 is 0.944 bits per heavy atom. The molecule has 0 aliphatic rings. The van der Waals surface area contributed by atoms with Crippen molar-refractivity contribution >= 4 is 29.8 Å². The van der Waals surface area contributed by atoms with Crippen molar-refractivity contribution < 1.29 is 38.6 Å². The fourth-order valence-corrected chi connectivity index (χ4v) is 3.04. The van der Waals surface area contributed by atoms with E-state index in [1.165, 1.54) is 13.0 Å². The highest BCUT2D eigenvalue weighted by atomic mass is 16.5. The van der Waals surface area contributed by atoms with E-state index in [2.05, 4.69) is 16.0 Å². The number of ether oxygens (including phenoxy) is 2. The number of amides is 3. The molecule has 198 valence electrons. The first-order valence-corrected chi connectivity index (χ1v) is 11.7. The number of carbonyl (C=O) groups is 5. The van der Waals surface area contributed by atoms with Gasteiger partial charge in [0.1, 0.15) is 18.7 Å². The molecule has 0 unspecified atom stereocenters. The van der Waals surface area contributed by atoms with Crippen LogP contribution in [0.4, 0.5) is 4.79 Å². The predicted octanol–water partition coefficient (Wildman–Crippen LogP) is 1.91. The lowest BCUT2D eigenvalue weighted by Crippen LogP contribution is -2.54. The second-order valence-corrected chi connectivity index (χ2v) is 8.44. The minimum absolute atomic E-state index is 0.0335. The Kier molecular flexibility index (Phi) is 13.3. The number of hydrogen-bond acceptors (Lipinski definition) is 7. The summed E-state index contributed by atoms with van der Waals surface area (Å²) in [6.45, 7) is 6.97. The van der Waals surface area contributed by atoms with Gasteiger partial charge in [0, 0.05) is 6.08 Å². The number of benzene rings is 1. The molecule has 0 radical (unpaired) electrons. The normalized spacial score (nSPS) is 13.4. The van der Waals surface area contributed by atoms with Crippen molar-refractivity contribution in [2.75, 3.05) is 6.61 Å². The van der Waals surface area contributed by atoms with E-state index in [9.17, 15) is 24.0 Å². The van der Waals surface area contributed by atoms with Crippen LogP contribution in [0.15, 0.2) is 42.5 Å². The largest absolute Gasteiger partial charge is 0.481 e. The molecule has 3 amide bonds. The molecular weight excluding hydrogens is 470 g/mol. The number of alkyl carbamates (subject to hydrolysis) is 1. The smallest absolute Gasteiger partial charge is 0.408 e. The summed E-state index contributed by atoms with van der Waals surface area (Å²) in [6, 6.07) is 6.04. The lowest BCUT2D eigenvalue weighted by atomic mass is 10.0. The molecule has 0 aliphatic heterocycles. The van der Waals surface area contributed by atoms with Crippen LogP contribution in [0.2, 0.25) is 0 Å². The minimum atomic E-state index is -1.19.